The number of aromatic carboxylic acids is 1. The minimum atomic E-state index is -1.75. The molecule has 2 amide bonds. The Bertz CT molecular complexity index is 659. The molecule has 1 heterocycles. The first kappa shape index (κ1) is 17.0. The van der Waals surface area contributed by atoms with Crippen LogP contribution in [-0.2, 0) is 20.9 Å². The third kappa shape index (κ3) is 4.80. The first-order chi connectivity index (χ1) is 10.3. The summed E-state index contributed by atoms with van der Waals surface area (Å²) in [7, 11) is 0. The average molecular weight is 326 g/mol. The number of thiophene rings is 1. The van der Waals surface area contributed by atoms with Crippen LogP contribution in [0.25, 0.3) is 0 Å². The molecule has 0 aromatic carbocycles. The first-order valence-corrected chi connectivity index (χ1v) is 6.41. The molecule has 9 nitrogen and oxygen atoms in total. The van der Waals surface area contributed by atoms with Crippen molar-refractivity contribution in [1.29, 1.82) is 0 Å². The molecular formula is C12H10N2O7S. The fourth-order valence-corrected chi connectivity index (χ4v) is 2.24. The summed E-state index contributed by atoms with van der Waals surface area (Å²) in [5.74, 6) is -2.36. The number of carbonyl (C=O) groups excluding carboxylic acids is 2. The van der Waals surface area contributed by atoms with E-state index in [2.05, 4.69) is 16.0 Å². The summed E-state index contributed by atoms with van der Waals surface area (Å²) >= 11 is 0.813. The topological polar surface area (TPSA) is 142 Å². The van der Waals surface area contributed by atoms with Crippen LogP contribution < -0.4 is 10.6 Å². The molecule has 22 heavy (non-hydrogen) atoms. The average Bonchev–Trinajstić information content (AvgIpc) is 2.85. The van der Waals surface area contributed by atoms with Gasteiger partial charge < -0.3 is 25.6 Å². The molecule has 1 aromatic rings. The van der Waals surface area contributed by atoms with Gasteiger partial charge in [0.15, 0.2) is 6.61 Å². The predicted octanol–water partition coefficient (Wildman–Crippen LogP) is 0.329. The van der Waals surface area contributed by atoms with E-state index in [1.807, 2.05) is 5.32 Å². The second kappa shape index (κ2) is 7.65. The van der Waals surface area contributed by atoms with E-state index < -0.39 is 23.9 Å². The highest BCUT2D eigenvalue weighted by Gasteiger charge is 2.20. The lowest BCUT2D eigenvalue weighted by molar-refractivity contribution is -0.147. The standard InChI is InChI=1S/C12H10N2O7S/c1-2-3-21-12(20)13-5-6-4-7(10(16)17)9(22-6)14-8(15)11(18)19/h1,4H,3,5H2,(H,13,20)(H,14,15)(H,16,17)(H,18,19). The van der Waals surface area contributed by atoms with Crippen molar-refractivity contribution in [3.05, 3.63) is 16.5 Å². The third-order valence-corrected chi connectivity index (χ3v) is 3.18. The van der Waals surface area contributed by atoms with Crippen LogP contribution in [0.15, 0.2) is 6.07 Å². The lowest BCUT2D eigenvalue weighted by atomic mass is 10.3. The van der Waals surface area contributed by atoms with Crippen molar-refractivity contribution in [1.82, 2.24) is 5.32 Å². The monoisotopic (exact) mass is 326 g/mol. The van der Waals surface area contributed by atoms with E-state index in [9.17, 15) is 19.2 Å². The first-order valence-electron chi connectivity index (χ1n) is 5.59. The van der Waals surface area contributed by atoms with Crippen molar-refractivity contribution >= 4 is 40.3 Å². The van der Waals surface area contributed by atoms with Crippen molar-refractivity contribution in [2.45, 2.75) is 6.54 Å². The fourth-order valence-electron chi connectivity index (χ4n) is 1.26. The van der Waals surface area contributed by atoms with Gasteiger partial charge in [0.25, 0.3) is 0 Å². The highest BCUT2D eigenvalue weighted by Crippen LogP contribution is 2.28. The van der Waals surface area contributed by atoms with Gasteiger partial charge in [0.2, 0.25) is 0 Å². The minimum Gasteiger partial charge on any atom is -0.478 e. The lowest BCUT2D eigenvalue weighted by Crippen LogP contribution is -2.23. The van der Waals surface area contributed by atoms with E-state index in [-0.39, 0.29) is 23.7 Å². The van der Waals surface area contributed by atoms with Gasteiger partial charge in [-0.3, -0.25) is 4.79 Å². The molecule has 0 aliphatic rings. The molecule has 0 aliphatic heterocycles. The Morgan fingerprint density at radius 3 is 2.55 bits per heavy atom. The number of nitrogens with one attached hydrogen (secondary N) is 2. The SMILES string of the molecule is C#CCOC(=O)NCc1cc(C(=O)O)c(NC(=O)C(=O)O)s1. The van der Waals surface area contributed by atoms with Crippen LogP contribution in [0, 0.1) is 12.3 Å². The molecule has 116 valence electrons. The molecule has 0 aliphatic carbocycles. The third-order valence-electron chi connectivity index (χ3n) is 2.13. The van der Waals surface area contributed by atoms with Gasteiger partial charge in [0, 0.05) is 4.88 Å². The second-order valence-electron chi connectivity index (χ2n) is 3.65. The number of hydrogen-bond acceptors (Lipinski definition) is 6. The van der Waals surface area contributed by atoms with Crippen LogP contribution in [0.5, 0.6) is 0 Å². The summed E-state index contributed by atoms with van der Waals surface area (Å²) in [5, 5.41) is 21.6. The molecule has 0 bridgehead atoms. The molecule has 1 rings (SSSR count). The molecule has 1 aromatic heterocycles. The van der Waals surface area contributed by atoms with Gasteiger partial charge in [-0.1, -0.05) is 5.92 Å². The van der Waals surface area contributed by atoms with Gasteiger partial charge in [-0.15, -0.1) is 17.8 Å². The molecular weight excluding hydrogens is 316 g/mol. The van der Waals surface area contributed by atoms with Gasteiger partial charge in [0.1, 0.15) is 5.00 Å². The van der Waals surface area contributed by atoms with Crippen molar-refractivity contribution in [2.75, 3.05) is 11.9 Å². The van der Waals surface area contributed by atoms with Gasteiger partial charge in [-0.2, -0.15) is 0 Å². The van der Waals surface area contributed by atoms with E-state index in [0.29, 0.717) is 4.88 Å². The summed E-state index contributed by atoms with van der Waals surface area (Å²) in [4.78, 5) is 44.1. The van der Waals surface area contributed by atoms with Gasteiger partial charge >= 0.3 is 23.9 Å². The maximum absolute atomic E-state index is 11.2. The van der Waals surface area contributed by atoms with Crippen molar-refractivity contribution in [2.24, 2.45) is 0 Å². The summed E-state index contributed by atoms with van der Waals surface area (Å²) in [6.45, 7) is -0.284. The zero-order chi connectivity index (χ0) is 16.7. The quantitative estimate of drug-likeness (QED) is 0.451. The molecule has 10 heteroatoms. The summed E-state index contributed by atoms with van der Waals surface area (Å²) in [6, 6.07) is 1.20. The summed E-state index contributed by atoms with van der Waals surface area (Å²) in [5.41, 5.74) is -0.284. The number of rotatable bonds is 5. The zero-order valence-corrected chi connectivity index (χ0v) is 11.7. The van der Waals surface area contributed by atoms with Crippen molar-refractivity contribution < 1.29 is 34.1 Å². The van der Waals surface area contributed by atoms with E-state index in [1.165, 1.54) is 6.07 Å². The Morgan fingerprint density at radius 2 is 2.00 bits per heavy atom. The fraction of sp³-hybridized carbons (Fsp3) is 0.167. The number of terminal acetylenes is 1. The van der Waals surface area contributed by atoms with Gasteiger partial charge in [-0.05, 0) is 6.07 Å². The Kier molecular flexibility index (Phi) is 5.91. The molecule has 0 fully saturated rings. The zero-order valence-electron chi connectivity index (χ0n) is 10.9. The van der Waals surface area contributed by atoms with Crippen LogP contribution in [0.3, 0.4) is 0 Å². The maximum Gasteiger partial charge on any atom is 0.408 e. The lowest BCUT2D eigenvalue weighted by Gasteiger charge is -2.02. The molecule has 0 saturated carbocycles. The molecule has 0 atom stereocenters. The molecule has 0 spiro atoms. The number of ether oxygens (including phenoxy) is 1. The molecule has 0 radical (unpaired) electrons. The normalized spacial score (nSPS) is 9.41. The number of hydrogen-bond donors (Lipinski definition) is 4. The number of aliphatic carboxylic acids is 1. The summed E-state index contributed by atoms with van der Waals surface area (Å²) < 4.78 is 4.55. The number of anilines is 1. The highest BCUT2D eigenvalue weighted by molar-refractivity contribution is 7.16. The van der Waals surface area contributed by atoms with E-state index in [0.717, 1.165) is 11.3 Å². The largest absolute Gasteiger partial charge is 0.478 e. The summed E-state index contributed by atoms with van der Waals surface area (Å²) in [6.07, 6.45) is 4.11. The van der Waals surface area contributed by atoms with Gasteiger partial charge in [0.05, 0.1) is 12.1 Å². The smallest absolute Gasteiger partial charge is 0.408 e. The predicted molar refractivity (Wildman–Crippen MR) is 74.6 cm³/mol. The van der Waals surface area contributed by atoms with Crippen molar-refractivity contribution in [3.63, 3.8) is 0 Å². The Labute approximate surface area is 127 Å². The minimum absolute atomic E-state index is 0.0721. The molecule has 4 N–H and O–H groups in total. The van der Waals surface area contributed by atoms with Crippen LogP contribution in [0.4, 0.5) is 9.80 Å². The number of amides is 2. The van der Waals surface area contributed by atoms with Crippen LogP contribution in [0.2, 0.25) is 0 Å². The number of carboxylic acid groups (broad SMARTS) is 2. The number of carbonyl (C=O) groups is 4. The van der Waals surface area contributed by atoms with Crippen LogP contribution >= 0.6 is 11.3 Å². The molecule has 0 saturated heterocycles. The van der Waals surface area contributed by atoms with Crippen LogP contribution in [0.1, 0.15) is 15.2 Å². The highest BCUT2D eigenvalue weighted by atomic mass is 32.1. The van der Waals surface area contributed by atoms with E-state index in [1.54, 1.807) is 0 Å². The number of carboxylic acids is 2. The Morgan fingerprint density at radius 1 is 1.32 bits per heavy atom. The number of alkyl carbamates (subject to hydrolysis) is 1. The van der Waals surface area contributed by atoms with E-state index >= 15 is 0 Å². The van der Waals surface area contributed by atoms with Crippen molar-refractivity contribution in [3.8, 4) is 12.3 Å². The van der Waals surface area contributed by atoms with Crippen LogP contribution in [-0.4, -0.2) is 40.8 Å². The van der Waals surface area contributed by atoms with Gasteiger partial charge in [-0.25, -0.2) is 14.4 Å². The Hall–Kier alpha value is -3.06. The second-order valence-corrected chi connectivity index (χ2v) is 4.79. The maximum atomic E-state index is 11.2. The molecule has 0 unspecified atom stereocenters. The Balaban J connectivity index is 2.79. The van der Waals surface area contributed by atoms with E-state index in [4.69, 9.17) is 16.6 Å².